The summed E-state index contributed by atoms with van der Waals surface area (Å²) in [5, 5.41) is 34.8. The van der Waals surface area contributed by atoms with Crippen molar-refractivity contribution in [1.29, 1.82) is 0 Å². The fourth-order valence-corrected chi connectivity index (χ4v) is 13.2. The standard InChI is InChI=1S/C76H88Cl2N16O13/c1-43(67(80)98)85-73(104)65-21-13-31-93(65)75(106)58(20-11-12-30-79)87-69(100)60(35-49-38-82-56-18-9-7-16-54(49)56)89-68(99)59(32-46-14-5-4-6-15-46)88-71(102)62(37-53-40-81-42-84-53)90-72(103)64(41-95)92-70(101)61(36-50-39-83-57-19-10-8-17-55(50)57)91-74(105)66(34-48-24-28-52(78)29-25-48)94(45(3)97)76(107)63(86-44(2)96)33-47-22-26-51(77)27-23-47/h4-10,14-19,22-29,38-40,42-43,58-66,82-83,95H,11-13,20-21,30-37,41,79H2,1-3H3,(H2,80,98)(H,81,84)(H,85,104)(H,86,96)(H,87,100)(H,88,102)(H,89,99)(H,90,103)(H,91,105)(H,92,101)/t43-,58+,59-,60+,61-,62+,63-,64+,65+,66-/m1/s1. The first-order valence-electron chi connectivity index (χ1n) is 35.1. The first kappa shape index (κ1) is 79.8. The molecular formula is C76H88Cl2N16O13. The van der Waals surface area contributed by atoms with E-state index in [9.17, 15) is 38.7 Å². The monoisotopic (exact) mass is 1500 g/mol. The van der Waals surface area contributed by atoms with Gasteiger partial charge in [-0.2, -0.15) is 0 Å². The number of nitrogens with two attached hydrogens (primary N) is 2. The van der Waals surface area contributed by atoms with E-state index in [0.29, 0.717) is 84.0 Å². The highest BCUT2D eigenvalue weighted by atomic mass is 35.5. The van der Waals surface area contributed by atoms with Crippen LogP contribution in [0.25, 0.3) is 21.8 Å². The molecule has 0 unspecified atom stereocenters. The lowest BCUT2D eigenvalue weighted by Crippen LogP contribution is -2.62. The number of aliphatic hydroxyl groups excluding tert-OH is 1. The molecule has 31 heteroatoms. The van der Waals surface area contributed by atoms with Crippen LogP contribution in [0, 0.1) is 0 Å². The molecule has 0 spiro atoms. The maximum absolute atomic E-state index is 15.3. The fourth-order valence-electron chi connectivity index (χ4n) is 12.9. The number of fused-ring (bicyclic) bond motifs is 2. The number of likely N-dealkylation sites (tertiary alicyclic amines) is 1. The molecule has 8 aromatic rings. The summed E-state index contributed by atoms with van der Waals surface area (Å²) in [5.41, 5.74) is 15.6. The predicted molar refractivity (Wildman–Crippen MR) is 399 cm³/mol. The largest absolute Gasteiger partial charge is 0.394 e. The van der Waals surface area contributed by atoms with E-state index in [4.69, 9.17) is 34.7 Å². The van der Waals surface area contributed by atoms with Crippen LogP contribution in [0.3, 0.4) is 0 Å². The topological polar surface area (TPSA) is 440 Å². The molecule has 29 nitrogen and oxygen atoms in total. The zero-order chi connectivity index (χ0) is 76.8. The van der Waals surface area contributed by atoms with Crippen LogP contribution in [0.2, 0.25) is 10.0 Å². The number of hydrogen-bond donors (Lipinski definition) is 14. The number of carbonyl (C=O) groups is 12. The molecule has 1 saturated heterocycles. The van der Waals surface area contributed by atoms with Crippen molar-refractivity contribution in [2.45, 2.75) is 152 Å². The van der Waals surface area contributed by atoms with Gasteiger partial charge in [0.25, 0.3) is 5.91 Å². The summed E-state index contributed by atoms with van der Waals surface area (Å²) in [6, 6.07) is 21.1. The summed E-state index contributed by atoms with van der Waals surface area (Å²) in [7, 11) is 0. The number of rotatable bonds is 36. The van der Waals surface area contributed by atoms with E-state index in [2.05, 4.69) is 62.5 Å². The van der Waals surface area contributed by atoms with Crippen LogP contribution in [0.1, 0.15) is 86.4 Å². The highest BCUT2D eigenvalue weighted by Crippen LogP contribution is 2.25. The average Bonchev–Trinajstić information content (AvgIpc) is 1.68. The molecule has 5 aromatic carbocycles. The molecule has 1 aliphatic heterocycles. The predicted octanol–water partition coefficient (Wildman–Crippen LogP) is 2.69. The van der Waals surface area contributed by atoms with E-state index in [1.807, 2.05) is 18.2 Å². The summed E-state index contributed by atoms with van der Waals surface area (Å²) >= 11 is 12.5. The first-order valence-corrected chi connectivity index (χ1v) is 35.9. The second kappa shape index (κ2) is 38.1. The Kier molecular flexibility index (Phi) is 28.5. The molecule has 12 amide bonds. The van der Waals surface area contributed by atoms with Crippen LogP contribution in [0.4, 0.5) is 0 Å². The number of para-hydroxylation sites is 2. The van der Waals surface area contributed by atoms with E-state index in [1.54, 1.807) is 122 Å². The van der Waals surface area contributed by atoms with Gasteiger partial charge in [-0.1, -0.05) is 114 Å². The number of halogens is 2. The van der Waals surface area contributed by atoms with Gasteiger partial charge in [0.15, 0.2) is 0 Å². The number of unbranched alkanes of at least 4 members (excludes halogenated alkanes) is 1. The summed E-state index contributed by atoms with van der Waals surface area (Å²) in [5.74, 6) is -10.3. The molecule has 107 heavy (non-hydrogen) atoms. The smallest absolute Gasteiger partial charge is 0.252 e. The van der Waals surface area contributed by atoms with Gasteiger partial charge in [-0.3, -0.25) is 62.4 Å². The number of hydrogen-bond acceptors (Lipinski definition) is 15. The lowest BCUT2D eigenvalue weighted by molar-refractivity contribution is -0.153. The molecule has 1 aliphatic rings. The van der Waals surface area contributed by atoms with Crippen molar-refractivity contribution in [3.63, 3.8) is 0 Å². The third kappa shape index (κ3) is 21.9. The summed E-state index contributed by atoms with van der Waals surface area (Å²) in [6.07, 6.45) is 6.24. The summed E-state index contributed by atoms with van der Waals surface area (Å²) in [6.45, 7) is 3.02. The number of aromatic nitrogens is 4. The van der Waals surface area contributed by atoms with Crippen LogP contribution in [0.15, 0.2) is 152 Å². The molecule has 1 fully saturated rings. The third-order valence-corrected chi connectivity index (χ3v) is 19.1. The fraction of sp³-hybridized carbons (Fsp3) is 0.355. The number of H-pyrrole nitrogens is 3. The van der Waals surface area contributed by atoms with E-state index in [-0.39, 0.29) is 64.5 Å². The van der Waals surface area contributed by atoms with Crippen LogP contribution in [0.5, 0.6) is 0 Å². The van der Waals surface area contributed by atoms with Crippen molar-refractivity contribution in [1.82, 2.24) is 72.3 Å². The number of aliphatic hydroxyl groups is 1. The Balaban J connectivity index is 0.995. The average molecular weight is 1500 g/mol. The van der Waals surface area contributed by atoms with Gasteiger partial charge in [-0.05, 0) is 110 Å². The van der Waals surface area contributed by atoms with Gasteiger partial charge in [-0.15, -0.1) is 0 Å². The number of nitrogens with one attached hydrogen (secondary N) is 11. The molecule has 10 atom stereocenters. The van der Waals surface area contributed by atoms with Crippen molar-refractivity contribution < 1.29 is 62.6 Å². The molecule has 0 radical (unpaired) electrons. The number of nitrogens with zero attached hydrogens (tertiary/aromatic N) is 3. The highest BCUT2D eigenvalue weighted by molar-refractivity contribution is 6.30. The van der Waals surface area contributed by atoms with Crippen molar-refractivity contribution >= 4 is 116 Å². The quantitative estimate of drug-likeness (QED) is 0.0251. The van der Waals surface area contributed by atoms with Crippen LogP contribution in [-0.4, -0.2) is 186 Å². The van der Waals surface area contributed by atoms with E-state index < -0.39 is 138 Å². The molecule has 564 valence electrons. The lowest BCUT2D eigenvalue weighted by atomic mass is 9.99. The summed E-state index contributed by atoms with van der Waals surface area (Å²) < 4.78 is 0. The number of benzene rings is 5. The minimum absolute atomic E-state index is 0.0878. The number of imide groups is 1. The molecular weight excluding hydrogens is 1420 g/mol. The Labute approximate surface area is 626 Å². The van der Waals surface area contributed by atoms with E-state index in [1.165, 1.54) is 31.3 Å². The maximum Gasteiger partial charge on any atom is 0.252 e. The van der Waals surface area contributed by atoms with Crippen LogP contribution in [-0.2, 0) is 96.1 Å². The van der Waals surface area contributed by atoms with Crippen LogP contribution >= 0.6 is 23.2 Å². The summed E-state index contributed by atoms with van der Waals surface area (Å²) in [4.78, 5) is 188. The van der Waals surface area contributed by atoms with Gasteiger partial charge in [0.2, 0.25) is 65.0 Å². The number of amides is 12. The normalized spacial score (nSPS) is 15.2. The highest BCUT2D eigenvalue weighted by Gasteiger charge is 2.42. The number of aromatic amines is 3. The van der Waals surface area contributed by atoms with Gasteiger partial charge in [0, 0.05) is 115 Å². The minimum Gasteiger partial charge on any atom is -0.394 e. The second-order valence-corrected chi connectivity index (χ2v) is 27.3. The number of carbonyl (C=O) groups excluding carboxylic acids is 12. The van der Waals surface area contributed by atoms with Gasteiger partial charge < -0.3 is 79.0 Å². The van der Waals surface area contributed by atoms with Gasteiger partial charge in [0.1, 0.15) is 60.4 Å². The van der Waals surface area contributed by atoms with E-state index >= 15 is 24.0 Å². The van der Waals surface area contributed by atoms with Crippen LogP contribution < -0.4 is 54.0 Å². The van der Waals surface area contributed by atoms with Gasteiger partial charge in [-0.25, -0.2) is 4.98 Å². The zero-order valence-electron chi connectivity index (χ0n) is 59.2. The third-order valence-electron chi connectivity index (χ3n) is 18.6. The van der Waals surface area contributed by atoms with Crippen molar-refractivity contribution in [2.75, 3.05) is 19.7 Å². The SMILES string of the molecule is CC(=O)N[C@H](Cc1ccc(Cl)cc1)C(=O)N(C(C)=O)[C@H](Cc1ccc(Cl)cc1)C(=O)N[C@H](Cc1c[nH]c2ccccc12)C(=O)N[C@@H](CO)C(=O)N[C@@H](Cc1cnc[nH]1)C(=O)N[C@H](Cc1ccccc1)C(=O)N[C@@H](Cc1c[nH]c2ccccc12)C(=O)N[C@@H](CCCCN)C(=O)N1CCC[C@H]1C(=O)N[C@H](C)C(N)=O. The minimum atomic E-state index is -1.87. The molecule has 4 heterocycles. The maximum atomic E-state index is 15.3. The zero-order valence-corrected chi connectivity index (χ0v) is 60.7. The molecule has 0 bridgehead atoms. The van der Waals surface area contributed by atoms with Crippen molar-refractivity contribution in [3.05, 3.63) is 196 Å². The molecule has 16 N–H and O–H groups in total. The number of primary amides is 1. The Morgan fingerprint density at radius 1 is 0.551 bits per heavy atom. The first-order chi connectivity index (χ1) is 51.4. The molecule has 3 aromatic heterocycles. The second-order valence-electron chi connectivity index (χ2n) is 26.4. The molecule has 0 aliphatic carbocycles. The lowest BCUT2D eigenvalue weighted by Gasteiger charge is -2.33. The van der Waals surface area contributed by atoms with Crippen molar-refractivity contribution in [3.8, 4) is 0 Å². The Bertz CT molecular complexity index is 4460. The van der Waals surface area contributed by atoms with Gasteiger partial charge >= 0.3 is 0 Å². The Hall–Kier alpha value is -11.3. The van der Waals surface area contributed by atoms with Gasteiger partial charge in [0.05, 0.1) is 12.9 Å². The van der Waals surface area contributed by atoms with E-state index in [0.717, 1.165) is 12.4 Å². The number of imidazole rings is 1. The Morgan fingerprint density at radius 3 is 1.54 bits per heavy atom. The Morgan fingerprint density at radius 2 is 1.03 bits per heavy atom. The van der Waals surface area contributed by atoms with Crippen molar-refractivity contribution in [2.24, 2.45) is 11.5 Å². The molecule has 0 saturated carbocycles. The molecule has 9 rings (SSSR count).